The van der Waals surface area contributed by atoms with Crippen molar-refractivity contribution in [1.82, 2.24) is 10.2 Å². The van der Waals surface area contributed by atoms with Crippen molar-refractivity contribution in [3.63, 3.8) is 0 Å². The van der Waals surface area contributed by atoms with Crippen molar-refractivity contribution in [2.24, 2.45) is 0 Å². The van der Waals surface area contributed by atoms with Gasteiger partial charge >= 0.3 is 0 Å². The normalized spacial score (nSPS) is 31.9. The van der Waals surface area contributed by atoms with Crippen molar-refractivity contribution in [2.75, 3.05) is 6.67 Å². The molecule has 68 valence electrons. The fourth-order valence-corrected chi connectivity index (χ4v) is 2.17. The molecule has 2 aliphatic rings. The van der Waals surface area contributed by atoms with E-state index in [0.717, 1.165) is 6.67 Å². The van der Waals surface area contributed by atoms with E-state index < -0.39 is 0 Å². The molecule has 0 aromatic heterocycles. The summed E-state index contributed by atoms with van der Waals surface area (Å²) in [6, 6.07) is 0.584. The van der Waals surface area contributed by atoms with Crippen LogP contribution in [0.15, 0.2) is 0 Å². The molecule has 3 heteroatoms. The third-order valence-corrected chi connectivity index (χ3v) is 2.99. The van der Waals surface area contributed by atoms with Crippen LogP contribution in [0.3, 0.4) is 0 Å². The van der Waals surface area contributed by atoms with E-state index in [4.69, 9.17) is 0 Å². The van der Waals surface area contributed by atoms with Gasteiger partial charge in [0, 0.05) is 6.04 Å². The highest BCUT2D eigenvalue weighted by molar-refractivity contribution is 5.83. The van der Waals surface area contributed by atoms with E-state index in [-0.39, 0.29) is 6.04 Å². The lowest BCUT2D eigenvalue weighted by atomic mass is 10.2. The van der Waals surface area contributed by atoms with Crippen molar-refractivity contribution in [3.8, 4) is 0 Å². The zero-order valence-corrected chi connectivity index (χ0v) is 7.55. The average Bonchev–Trinajstić information content (AvgIpc) is 2.64. The van der Waals surface area contributed by atoms with Crippen LogP contribution in [0, 0.1) is 0 Å². The Kier molecular flexibility index (Phi) is 2.05. The van der Waals surface area contributed by atoms with Crippen molar-refractivity contribution in [3.05, 3.63) is 0 Å². The second kappa shape index (κ2) is 3.05. The van der Waals surface area contributed by atoms with Crippen LogP contribution in [0.4, 0.5) is 0 Å². The van der Waals surface area contributed by atoms with Crippen molar-refractivity contribution >= 4 is 5.91 Å². The van der Waals surface area contributed by atoms with Crippen LogP contribution in [0.25, 0.3) is 0 Å². The fraction of sp³-hybridized carbons (Fsp3) is 0.889. The second-order valence-electron chi connectivity index (χ2n) is 3.83. The number of carbonyl (C=O) groups excluding carboxylic acids is 1. The quantitative estimate of drug-likeness (QED) is 0.625. The highest BCUT2D eigenvalue weighted by Gasteiger charge is 2.33. The van der Waals surface area contributed by atoms with Crippen LogP contribution >= 0.6 is 0 Å². The number of carbonyl (C=O) groups is 1. The number of nitrogens with zero attached hydrogens (tertiary/aromatic N) is 1. The van der Waals surface area contributed by atoms with Crippen molar-refractivity contribution in [1.29, 1.82) is 0 Å². The molecule has 0 aromatic rings. The summed E-state index contributed by atoms with van der Waals surface area (Å²) < 4.78 is 0. The first-order valence-electron chi connectivity index (χ1n) is 4.83. The monoisotopic (exact) mass is 168 g/mol. The molecule has 1 N–H and O–H groups in total. The lowest BCUT2D eigenvalue weighted by Crippen LogP contribution is -2.36. The summed E-state index contributed by atoms with van der Waals surface area (Å²) in [6.45, 7) is 2.71. The highest BCUT2D eigenvalue weighted by Crippen LogP contribution is 2.24. The van der Waals surface area contributed by atoms with Gasteiger partial charge < -0.3 is 4.90 Å². The van der Waals surface area contributed by atoms with Crippen LogP contribution in [0.1, 0.15) is 32.6 Å². The van der Waals surface area contributed by atoms with E-state index in [1.54, 1.807) is 0 Å². The SMILES string of the molecule is CC1NCN(C2CCCC2)C1=O. The van der Waals surface area contributed by atoms with E-state index in [0.29, 0.717) is 11.9 Å². The largest absolute Gasteiger partial charge is 0.326 e. The fourth-order valence-electron chi connectivity index (χ4n) is 2.17. The number of hydrogen-bond acceptors (Lipinski definition) is 2. The van der Waals surface area contributed by atoms with E-state index in [2.05, 4.69) is 5.32 Å². The second-order valence-corrected chi connectivity index (χ2v) is 3.83. The molecule has 12 heavy (non-hydrogen) atoms. The minimum absolute atomic E-state index is 0.0469. The zero-order chi connectivity index (χ0) is 8.55. The van der Waals surface area contributed by atoms with E-state index in [9.17, 15) is 4.79 Å². The zero-order valence-electron chi connectivity index (χ0n) is 7.55. The van der Waals surface area contributed by atoms with Crippen LogP contribution in [0.5, 0.6) is 0 Å². The Labute approximate surface area is 73.1 Å². The minimum Gasteiger partial charge on any atom is -0.326 e. The lowest BCUT2D eigenvalue weighted by Gasteiger charge is -2.22. The van der Waals surface area contributed by atoms with Gasteiger partial charge in [0.15, 0.2) is 0 Å². The summed E-state index contributed by atoms with van der Waals surface area (Å²) in [5, 5.41) is 3.17. The summed E-state index contributed by atoms with van der Waals surface area (Å²) in [5.74, 6) is 0.293. The number of nitrogens with one attached hydrogen (secondary N) is 1. The van der Waals surface area contributed by atoms with Gasteiger partial charge in [-0.25, -0.2) is 0 Å². The Balaban J connectivity index is 1.99. The average molecular weight is 168 g/mol. The molecule has 1 heterocycles. The van der Waals surface area contributed by atoms with Gasteiger partial charge in [0.05, 0.1) is 12.7 Å². The van der Waals surface area contributed by atoms with E-state index in [1.165, 1.54) is 25.7 Å². The third kappa shape index (κ3) is 1.22. The van der Waals surface area contributed by atoms with Crippen LogP contribution in [-0.2, 0) is 4.79 Å². The van der Waals surface area contributed by atoms with Gasteiger partial charge in [0.1, 0.15) is 0 Å². The number of hydrogen-bond donors (Lipinski definition) is 1. The van der Waals surface area contributed by atoms with E-state index in [1.807, 2.05) is 11.8 Å². The van der Waals surface area contributed by atoms with Gasteiger partial charge in [-0.3, -0.25) is 10.1 Å². The van der Waals surface area contributed by atoms with Gasteiger partial charge in [0.25, 0.3) is 0 Å². The highest BCUT2D eigenvalue weighted by atomic mass is 16.2. The van der Waals surface area contributed by atoms with Gasteiger partial charge in [-0.1, -0.05) is 12.8 Å². The Morgan fingerprint density at radius 2 is 2.08 bits per heavy atom. The van der Waals surface area contributed by atoms with Crippen LogP contribution in [0.2, 0.25) is 0 Å². The molecule has 1 atom stereocenters. The maximum absolute atomic E-state index is 11.6. The molecule has 1 saturated heterocycles. The Morgan fingerprint density at radius 3 is 2.58 bits per heavy atom. The first kappa shape index (κ1) is 8.05. The molecule has 1 aliphatic heterocycles. The first-order valence-corrected chi connectivity index (χ1v) is 4.83. The molecule has 1 unspecified atom stereocenters. The third-order valence-electron chi connectivity index (χ3n) is 2.99. The van der Waals surface area contributed by atoms with Crippen LogP contribution in [-0.4, -0.2) is 29.6 Å². The number of amides is 1. The Morgan fingerprint density at radius 1 is 1.42 bits per heavy atom. The summed E-state index contributed by atoms with van der Waals surface area (Å²) in [4.78, 5) is 13.6. The molecule has 0 spiro atoms. The smallest absolute Gasteiger partial charge is 0.240 e. The van der Waals surface area contributed by atoms with Crippen molar-refractivity contribution in [2.45, 2.75) is 44.7 Å². The molecule has 1 saturated carbocycles. The molecular formula is C9H16N2O. The van der Waals surface area contributed by atoms with Gasteiger partial charge in [0.2, 0.25) is 5.91 Å². The lowest BCUT2D eigenvalue weighted by molar-refractivity contribution is -0.130. The molecule has 2 fully saturated rings. The maximum Gasteiger partial charge on any atom is 0.240 e. The molecule has 3 nitrogen and oxygen atoms in total. The predicted molar refractivity (Wildman–Crippen MR) is 46.6 cm³/mol. The number of rotatable bonds is 1. The molecule has 0 aromatic carbocycles. The maximum atomic E-state index is 11.6. The Bertz CT molecular complexity index is 187. The Hall–Kier alpha value is -0.570. The minimum atomic E-state index is 0.0469. The summed E-state index contributed by atoms with van der Waals surface area (Å²) in [5.41, 5.74) is 0. The molecule has 2 rings (SSSR count). The molecular weight excluding hydrogens is 152 g/mol. The van der Waals surface area contributed by atoms with Gasteiger partial charge in [-0.2, -0.15) is 0 Å². The predicted octanol–water partition coefficient (Wildman–Crippen LogP) is 0.707. The molecule has 0 radical (unpaired) electrons. The van der Waals surface area contributed by atoms with Gasteiger partial charge in [-0.15, -0.1) is 0 Å². The topological polar surface area (TPSA) is 32.3 Å². The first-order chi connectivity index (χ1) is 5.79. The van der Waals surface area contributed by atoms with Gasteiger partial charge in [-0.05, 0) is 19.8 Å². The van der Waals surface area contributed by atoms with E-state index >= 15 is 0 Å². The summed E-state index contributed by atoms with van der Waals surface area (Å²) in [6.07, 6.45) is 5.01. The van der Waals surface area contributed by atoms with Crippen molar-refractivity contribution < 1.29 is 4.79 Å². The molecule has 0 bridgehead atoms. The van der Waals surface area contributed by atoms with Crippen LogP contribution < -0.4 is 5.32 Å². The summed E-state index contributed by atoms with van der Waals surface area (Å²) >= 11 is 0. The standard InChI is InChI=1S/C9H16N2O/c1-7-9(12)11(6-10-7)8-4-2-3-5-8/h7-8,10H,2-6H2,1H3. The molecule has 1 amide bonds. The summed E-state index contributed by atoms with van der Waals surface area (Å²) in [7, 11) is 0. The molecule has 1 aliphatic carbocycles.